The van der Waals surface area contributed by atoms with E-state index in [0.717, 1.165) is 5.56 Å². The third-order valence-corrected chi connectivity index (χ3v) is 2.46. The topological polar surface area (TPSA) is 56.8 Å². The Morgan fingerprint density at radius 3 is 2.60 bits per heavy atom. The molecule has 0 aliphatic rings. The summed E-state index contributed by atoms with van der Waals surface area (Å²) >= 11 is 0. The van der Waals surface area contributed by atoms with Crippen LogP contribution in [0.25, 0.3) is 0 Å². The summed E-state index contributed by atoms with van der Waals surface area (Å²) in [5, 5.41) is 11.4. The zero-order chi connectivity index (χ0) is 14.1. The summed E-state index contributed by atoms with van der Waals surface area (Å²) in [7, 11) is 0. The van der Waals surface area contributed by atoms with Gasteiger partial charge >= 0.3 is 0 Å². The molecule has 1 N–H and O–H groups in total. The van der Waals surface area contributed by atoms with Gasteiger partial charge in [-0.15, -0.1) is 13.2 Å². The summed E-state index contributed by atoms with van der Waals surface area (Å²) < 4.78 is 1.73. The third-order valence-electron chi connectivity index (χ3n) is 2.46. The molecule has 1 amide bonds. The van der Waals surface area contributed by atoms with Crippen LogP contribution in [-0.4, -0.2) is 35.3 Å². The summed E-state index contributed by atoms with van der Waals surface area (Å²) in [6, 6.07) is 3.57. The molecule has 0 unspecified atom stereocenters. The molecule has 0 aromatic carbocycles. The molecular weight excluding hydrogens is 278 g/mol. The standard InChI is InChI=1S/C14H17N3O2.ClH/c1-3-7-17(8-4-2)14(18)12-16-9-5-6-13(11-16)10-15-19;/h3-6,9-11H,1-2,7-8,12H2;1H/b15-10+;. The van der Waals surface area contributed by atoms with Gasteiger partial charge in [-0.05, 0) is 6.07 Å². The number of hydrogen-bond acceptors (Lipinski definition) is 3. The first-order chi connectivity index (χ1) is 9.21. The van der Waals surface area contributed by atoms with Gasteiger partial charge in [-0.2, -0.15) is 4.57 Å². The molecule has 0 saturated heterocycles. The number of carbonyl (C=O) groups is 1. The van der Waals surface area contributed by atoms with Crippen molar-refractivity contribution in [1.29, 1.82) is 0 Å². The Morgan fingerprint density at radius 2 is 2.05 bits per heavy atom. The van der Waals surface area contributed by atoms with Crippen LogP contribution in [0.5, 0.6) is 0 Å². The van der Waals surface area contributed by atoms with Gasteiger partial charge in [0.05, 0.1) is 11.8 Å². The Labute approximate surface area is 124 Å². The Bertz CT molecular complexity index is 479. The molecule has 108 valence electrons. The molecule has 0 radical (unpaired) electrons. The number of carbonyl (C=O) groups excluding carboxylic acids is 1. The lowest BCUT2D eigenvalue weighted by Crippen LogP contribution is -3.00. The summed E-state index contributed by atoms with van der Waals surface area (Å²) in [6.07, 6.45) is 8.19. The Morgan fingerprint density at radius 1 is 1.40 bits per heavy atom. The molecule has 1 aromatic rings. The lowest BCUT2D eigenvalue weighted by molar-refractivity contribution is -0.685. The maximum Gasteiger partial charge on any atom is 0.289 e. The second-order valence-electron chi connectivity index (χ2n) is 3.93. The second kappa shape index (κ2) is 9.75. The van der Waals surface area contributed by atoms with E-state index in [1.54, 1.807) is 46.1 Å². The predicted octanol–water partition coefficient (Wildman–Crippen LogP) is -2.01. The van der Waals surface area contributed by atoms with Crippen LogP contribution in [0.15, 0.2) is 55.0 Å². The highest BCUT2D eigenvalue weighted by Crippen LogP contribution is 1.94. The first-order valence-electron chi connectivity index (χ1n) is 5.87. The van der Waals surface area contributed by atoms with Crippen LogP contribution < -0.4 is 17.0 Å². The van der Waals surface area contributed by atoms with E-state index >= 15 is 0 Å². The van der Waals surface area contributed by atoms with E-state index in [4.69, 9.17) is 5.21 Å². The first-order valence-corrected chi connectivity index (χ1v) is 5.87. The number of halogens is 1. The largest absolute Gasteiger partial charge is 1.00 e. The molecular formula is C14H18ClN3O2. The highest BCUT2D eigenvalue weighted by molar-refractivity contribution is 5.78. The predicted molar refractivity (Wildman–Crippen MR) is 73.0 cm³/mol. The highest BCUT2D eigenvalue weighted by atomic mass is 35.5. The molecule has 0 atom stereocenters. The minimum absolute atomic E-state index is 0. The Balaban J connectivity index is 0.00000361. The molecule has 0 aliphatic carbocycles. The van der Waals surface area contributed by atoms with E-state index in [-0.39, 0.29) is 24.9 Å². The van der Waals surface area contributed by atoms with Gasteiger partial charge in [0.1, 0.15) is 0 Å². The highest BCUT2D eigenvalue weighted by Gasteiger charge is 2.15. The van der Waals surface area contributed by atoms with Crippen LogP contribution in [0, 0.1) is 0 Å². The van der Waals surface area contributed by atoms with Gasteiger partial charge in [0.15, 0.2) is 12.4 Å². The van der Waals surface area contributed by atoms with Gasteiger partial charge in [-0.3, -0.25) is 4.79 Å². The van der Waals surface area contributed by atoms with Crippen molar-refractivity contribution in [3.63, 3.8) is 0 Å². The molecule has 6 heteroatoms. The quantitative estimate of drug-likeness (QED) is 0.208. The number of nitrogens with zero attached hydrogens (tertiary/aromatic N) is 3. The molecule has 0 bridgehead atoms. The fourth-order valence-corrected chi connectivity index (χ4v) is 1.63. The number of pyridine rings is 1. The van der Waals surface area contributed by atoms with Gasteiger partial charge < -0.3 is 22.5 Å². The van der Waals surface area contributed by atoms with Crippen molar-refractivity contribution in [2.24, 2.45) is 5.16 Å². The van der Waals surface area contributed by atoms with Crippen LogP contribution in [0.2, 0.25) is 0 Å². The van der Waals surface area contributed by atoms with Gasteiger partial charge in [-0.25, -0.2) is 0 Å². The Hall–Kier alpha value is -2.14. The van der Waals surface area contributed by atoms with Gasteiger partial charge in [0.25, 0.3) is 5.91 Å². The van der Waals surface area contributed by atoms with E-state index in [1.165, 1.54) is 6.21 Å². The van der Waals surface area contributed by atoms with Crippen molar-refractivity contribution in [2.45, 2.75) is 6.54 Å². The Kier molecular flexibility index (Phi) is 8.70. The summed E-state index contributed by atoms with van der Waals surface area (Å²) in [5.41, 5.74) is 0.719. The minimum Gasteiger partial charge on any atom is -1.00 e. The van der Waals surface area contributed by atoms with E-state index in [1.807, 2.05) is 0 Å². The third kappa shape index (κ3) is 5.67. The van der Waals surface area contributed by atoms with Crippen molar-refractivity contribution in [2.75, 3.05) is 13.1 Å². The second-order valence-corrected chi connectivity index (χ2v) is 3.93. The normalized spacial score (nSPS) is 9.80. The molecule has 0 spiro atoms. The average Bonchev–Trinajstić information content (AvgIpc) is 2.39. The van der Waals surface area contributed by atoms with E-state index < -0.39 is 0 Å². The SMILES string of the molecule is C=CCN(CC=C)C(=O)C[n+]1cccc(/C=N/O)c1.[Cl-]. The molecule has 1 heterocycles. The van der Waals surface area contributed by atoms with Crippen molar-refractivity contribution >= 4 is 12.1 Å². The number of oxime groups is 1. The molecule has 1 rings (SSSR count). The minimum atomic E-state index is -0.0251. The summed E-state index contributed by atoms with van der Waals surface area (Å²) in [4.78, 5) is 13.7. The van der Waals surface area contributed by atoms with Crippen LogP contribution in [0.1, 0.15) is 5.56 Å². The summed E-state index contributed by atoms with van der Waals surface area (Å²) in [6.45, 7) is 8.46. The van der Waals surface area contributed by atoms with Crippen molar-refractivity contribution in [1.82, 2.24) is 4.90 Å². The lowest BCUT2D eigenvalue weighted by Gasteiger charge is -2.17. The van der Waals surface area contributed by atoms with Crippen LogP contribution >= 0.6 is 0 Å². The zero-order valence-corrected chi connectivity index (χ0v) is 11.9. The maximum absolute atomic E-state index is 12.1. The molecule has 5 nitrogen and oxygen atoms in total. The first kappa shape index (κ1) is 17.9. The maximum atomic E-state index is 12.1. The molecule has 20 heavy (non-hydrogen) atoms. The zero-order valence-electron chi connectivity index (χ0n) is 11.2. The van der Waals surface area contributed by atoms with Crippen molar-refractivity contribution < 1.29 is 27.0 Å². The lowest BCUT2D eigenvalue weighted by atomic mass is 10.3. The van der Waals surface area contributed by atoms with E-state index in [2.05, 4.69) is 18.3 Å². The number of hydrogen-bond donors (Lipinski definition) is 1. The van der Waals surface area contributed by atoms with Crippen LogP contribution in [-0.2, 0) is 11.3 Å². The summed E-state index contributed by atoms with van der Waals surface area (Å²) in [5.74, 6) is -0.0251. The fourth-order valence-electron chi connectivity index (χ4n) is 1.63. The van der Waals surface area contributed by atoms with Crippen molar-refractivity contribution in [3.05, 3.63) is 55.4 Å². The van der Waals surface area contributed by atoms with Crippen LogP contribution in [0.3, 0.4) is 0 Å². The van der Waals surface area contributed by atoms with Gasteiger partial charge in [-0.1, -0.05) is 17.3 Å². The molecule has 0 aliphatic heterocycles. The monoisotopic (exact) mass is 295 g/mol. The average molecular weight is 296 g/mol. The van der Waals surface area contributed by atoms with Crippen LogP contribution in [0.4, 0.5) is 0 Å². The molecule has 0 fully saturated rings. The fraction of sp³-hybridized carbons (Fsp3) is 0.214. The van der Waals surface area contributed by atoms with Gasteiger partial charge in [0, 0.05) is 19.2 Å². The van der Waals surface area contributed by atoms with Gasteiger partial charge in [0.2, 0.25) is 6.54 Å². The number of amides is 1. The molecule has 1 aromatic heterocycles. The van der Waals surface area contributed by atoms with E-state index in [0.29, 0.717) is 13.1 Å². The van der Waals surface area contributed by atoms with Crippen molar-refractivity contribution in [3.8, 4) is 0 Å². The number of aromatic nitrogens is 1. The number of rotatable bonds is 7. The molecule has 0 saturated carbocycles. The smallest absolute Gasteiger partial charge is 0.289 e. The van der Waals surface area contributed by atoms with E-state index in [9.17, 15) is 4.79 Å².